The average Bonchev–Trinajstić information content (AvgIpc) is 2.57. The van der Waals surface area contributed by atoms with Crippen molar-refractivity contribution >= 4 is 12.0 Å². The minimum atomic E-state index is -0.672. The number of urea groups is 1. The second kappa shape index (κ2) is 8.41. The Morgan fingerprint density at radius 2 is 2.00 bits per heavy atom. The van der Waals surface area contributed by atoms with Crippen LogP contribution in [-0.4, -0.2) is 30.3 Å². The molecule has 1 atom stereocenters. The molecule has 0 aliphatic carbocycles. The van der Waals surface area contributed by atoms with Crippen molar-refractivity contribution in [1.29, 1.82) is 0 Å². The third kappa shape index (κ3) is 4.23. The van der Waals surface area contributed by atoms with Crippen molar-refractivity contribution in [2.45, 2.75) is 39.7 Å². The molecule has 1 aliphatic heterocycles. The minimum absolute atomic E-state index is 0.00121. The molecule has 0 unspecified atom stereocenters. The molecule has 7 heteroatoms. The Balaban J connectivity index is 2.51. The van der Waals surface area contributed by atoms with Crippen LogP contribution in [0.1, 0.15) is 45.2 Å². The first kappa shape index (κ1) is 18.6. The van der Waals surface area contributed by atoms with Gasteiger partial charge in [-0.3, -0.25) is 0 Å². The Morgan fingerprint density at radius 3 is 2.64 bits per heavy atom. The van der Waals surface area contributed by atoms with Gasteiger partial charge in [-0.05, 0) is 38.0 Å². The summed E-state index contributed by atoms with van der Waals surface area (Å²) in [7, 11) is 0. The van der Waals surface area contributed by atoms with Gasteiger partial charge in [-0.15, -0.1) is 0 Å². The van der Waals surface area contributed by atoms with Gasteiger partial charge in [0, 0.05) is 5.70 Å². The summed E-state index contributed by atoms with van der Waals surface area (Å²) >= 11 is 0. The van der Waals surface area contributed by atoms with Crippen molar-refractivity contribution in [3.8, 4) is 11.5 Å². The van der Waals surface area contributed by atoms with Crippen molar-refractivity contribution in [2.24, 2.45) is 0 Å². The molecule has 1 aliphatic rings. The van der Waals surface area contributed by atoms with Crippen LogP contribution in [0.4, 0.5) is 4.79 Å². The van der Waals surface area contributed by atoms with Crippen LogP contribution in [0.5, 0.6) is 11.5 Å². The first-order valence-corrected chi connectivity index (χ1v) is 8.45. The van der Waals surface area contributed by atoms with Crippen molar-refractivity contribution in [3.05, 3.63) is 35.0 Å². The van der Waals surface area contributed by atoms with Gasteiger partial charge in [0.15, 0.2) is 11.5 Å². The zero-order valence-electron chi connectivity index (χ0n) is 14.7. The molecule has 25 heavy (non-hydrogen) atoms. The van der Waals surface area contributed by atoms with Crippen LogP contribution in [0.2, 0.25) is 0 Å². The number of phenols is 1. The summed E-state index contributed by atoms with van der Waals surface area (Å²) < 4.78 is 10.6. The van der Waals surface area contributed by atoms with Crippen LogP contribution in [-0.2, 0) is 9.53 Å². The highest BCUT2D eigenvalue weighted by atomic mass is 16.5. The summed E-state index contributed by atoms with van der Waals surface area (Å²) in [5, 5.41) is 15.3. The first-order chi connectivity index (χ1) is 12.0. The van der Waals surface area contributed by atoms with Crippen molar-refractivity contribution in [2.75, 3.05) is 13.2 Å². The van der Waals surface area contributed by atoms with Crippen LogP contribution in [0, 0.1) is 0 Å². The van der Waals surface area contributed by atoms with Gasteiger partial charge >= 0.3 is 12.0 Å². The Kier molecular flexibility index (Phi) is 6.27. The highest BCUT2D eigenvalue weighted by Gasteiger charge is 2.33. The van der Waals surface area contributed by atoms with Gasteiger partial charge in [-0.1, -0.05) is 19.4 Å². The van der Waals surface area contributed by atoms with Crippen LogP contribution < -0.4 is 15.4 Å². The van der Waals surface area contributed by atoms with Crippen molar-refractivity contribution in [1.82, 2.24) is 10.6 Å². The molecule has 0 saturated carbocycles. The maximum atomic E-state index is 12.5. The normalized spacial score (nSPS) is 16.9. The third-order valence-corrected chi connectivity index (χ3v) is 3.77. The summed E-state index contributed by atoms with van der Waals surface area (Å²) in [5.74, 6) is -0.177. The fourth-order valence-corrected chi connectivity index (χ4v) is 2.75. The predicted molar refractivity (Wildman–Crippen MR) is 92.3 cm³/mol. The predicted octanol–water partition coefficient (Wildman–Crippen LogP) is 2.76. The van der Waals surface area contributed by atoms with E-state index in [1.165, 1.54) is 6.07 Å². The largest absolute Gasteiger partial charge is 0.504 e. The molecule has 1 heterocycles. The Morgan fingerprint density at radius 1 is 1.24 bits per heavy atom. The maximum absolute atomic E-state index is 12.5. The number of carbonyl (C=O) groups excluding carboxylic acids is 2. The Hall–Kier alpha value is -2.70. The van der Waals surface area contributed by atoms with E-state index >= 15 is 0 Å². The fourth-order valence-electron chi connectivity index (χ4n) is 2.75. The highest BCUT2D eigenvalue weighted by Crippen LogP contribution is 2.34. The Bertz CT molecular complexity index is 684. The molecular weight excluding hydrogens is 324 g/mol. The number of allylic oxidation sites excluding steroid dienone is 1. The lowest BCUT2D eigenvalue weighted by Gasteiger charge is -2.29. The van der Waals surface area contributed by atoms with E-state index in [1.807, 2.05) is 13.8 Å². The zero-order valence-corrected chi connectivity index (χ0v) is 14.7. The topological polar surface area (TPSA) is 96.9 Å². The fraction of sp³-hybridized carbons (Fsp3) is 0.444. The van der Waals surface area contributed by atoms with Gasteiger partial charge in [-0.25, -0.2) is 9.59 Å². The smallest absolute Gasteiger partial charge is 0.338 e. The van der Waals surface area contributed by atoms with Gasteiger partial charge in [-0.2, -0.15) is 0 Å². The monoisotopic (exact) mass is 348 g/mol. The summed E-state index contributed by atoms with van der Waals surface area (Å²) in [6.07, 6.45) is 1.32. The van der Waals surface area contributed by atoms with E-state index in [-0.39, 0.29) is 18.4 Å². The number of aromatic hydroxyl groups is 1. The lowest BCUT2D eigenvalue weighted by atomic mass is 9.93. The van der Waals surface area contributed by atoms with E-state index in [0.29, 0.717) is 35.6 Å². The van der Waals surface area contributed by atoms with Crippen LogP contribution in [0.3, 0.4) is 0 Å². The summed E-state index contributed by atoms with van der Waals surface area (Å²) in [6.45, 7) is 6.13. The quantitative estimate of drug-likeness (QED) is 0.658. The first-order valence-electron chi connectivity index (χ1n) is 8.45. The molecule has 0 saturated heterocycles. The van der Waals surface area contributed by atoms with E-state index in [2.05, 4.69) is 10.6 Å². The standard InChI is InChI=1S/C18H24N2O5/c1-4-7-12-15(17(22)25-6-3)16(20-18(23)19-12)11-8-9-13(21)14(10-11)24-5-2/h8-10,16,21H,4-7H2,1-3H3,(H2,19,20,23)/t16-/m1/s1. The molecule has 1 aromatic rings. The minimum Gasteiger partial charge on any atom is -0.504 e. The van der Waals surface area contributed by atoms with E-state index in [9.17, 15) is 14.7 Å². The third-order valence-electron chi connectivity index (χ3n) is 3.77. The number of hydrogen-bond donors (Lipinski definition) is 3. The second-order valence-electron chi connectivity index (χ2n) is 5.55. The Labute approximate surface area is 147 Å². The molecular formula is C18H24N2O5. The van der Waals surface area contributed by atoms with Crippen molar-refractivity contribution in [3.63, 3.8) is 0 Å². The van der Waals surface area contributed by atoms with Gasteiger partial charge in [0.05, 0.1) is 24.8 Å². The molecule has 2 rings (SSSR count). The molecule has 0 fully saturated rings. The summed E-state index contributed by atoms with van der Waals surface area (Å²) in [6, 6.07) is 3.70. The zero-order chi connectivity index (χ0) is 18.4. The number of phenolic OH excluding ortho intramolecular Hbond substituents is 1. The number of carbonyl (C=O) groups is 2. The van der Waals surface area contributed by atoms with Gasteiger partial charge in [0.1, 0.15) is 0 Å². The number of hydrogen-bond acceptors (Lipinski definition) is 5. The summed E-state index contributed by atoms with van der Waals surface area (Å²) in [5.41, 5.74) is 1.56. The molecule has 0 aromatic heterocycles. The maximum Gasteiger partial charge on any atom is 0.338 e. The van der Waals surface area contributed by atoms with Crippen LogP contribution >= 0.6 is 0 Å². The molecule has 0 radical (unpaired) electrons. The van der Waals surface area contributed by atoms with Crippen LogP contribution in [0.15, 0.2) is 29.5 Å². The molecule has 136 valence electrons. The SMILES string of the molecule is CCCC1=C(C(=O)OCC)[C@@H](c2ccc(O)c(OCC)c2)NC(=O)N1. The van der Waals surface area contributed by atoms with Crippen molar-refractivity contribution < 1.29 is 24.2 Å². The lowest BCUT2D eigenvalue weighted by Crippen LogP contribution is -2.46. The molecule has 0 bridgehead atoms. The van der Waals surface area contributed by atoms with Gasteiger partial charge < -0.3 is 25.2 Å². The molecule has 3 N–H and O–H groups in total. The van der Waals surface area contributed by atoms with E-state index in [0.717, 1.165) is 6.42 Å². The number of nitrogens with one attached hydrogen (secondary N) is 2. The number of amides is 2. The van der Waals surface area contributed by atoms with E-state index in [4.69, 9.17) is 9.47 Å². The molecule has 7 nitrogen and oxygen atoms in total. The molecule has 0 spiro atoms. The number of esters is 1. The lowest BCUT2D eigenvalue weighted by molar-refractivity contribution is -0.139. The van der Waals surface area contributed by atoms with E-state index in [1.54, 1.807) is 19.1 Å². The number of benzene rings is 1. The van der Waals surface area contributed by atoms with Crippen LogP contribution in [0.25, 0.3) is 0 Å². The molecule has 2 amide bonds. The summed E-state index contributed by atoms with van der Waals surface area (Å²) in [4.78, 5) is 24.5. The van der Waals surface area contributed by atoms with Gasteiger partial charge in [0.2, 0.25) is 0 Å². The van der Waals surface area contributed by atoms with Gasteiger partial charge in [0.25, 0.3) is 0 Å². The second-order valence-corrected chi connectivity index (χ2v) is 5.55. The number of rotatable bonds is 7. The average molecular weight is 348 g/mol. The number of ether oxygens (including phenoxy) is 2. The highest BCUT2D eigenvalue weighted by molar-refractivity contribution is 5.95. The molecule has 1 aromatic carbocycles. The van der Waals surface area contributed by atoms with E-state index < -0.39 is 12.0 Å².